The van der Waals surface area contributed by atoms with Gasteiger partial charge in [-0.3, -0.25) is 10.1 Å². The van der Waals surface area contributed by atoms with Gasteiger partial charge in [0.25, 0.3) is 5.91 Å². The van der Waals surface area contributed by atoms with Gasteiger partial charge in [0.15, 0.2) is 0 Å². The van der Waals surface area contributed by atoms with Gasteiger partial charge in [0, 0.05) is 19.6 Å². The second-order valence-corrected chi connectivity index (χ2v) is 7.17. The van der Waals surface area contributed by atoms with Crippen LogP contribution in [0.1, 0.15) is 51.9 Å². The van der Waals surface area contributed by atoms with E-state index in [4.69, 9.17) is 0 Å². The molecular formula is C16H27N3O2. The fourth-order valence-electron chi connectivity index (χ4n) is 4.26. The zero-order chi connectivity index (χ0) is 14.9. The highest BCUT2D eigenvalue weighted by Crippen LogP contribution is 2.32. The number of carbonyl (C=O) groups is 2. The average molecular weight is 293 g/mol. The normalized spacial score (nSPS) is 28.4. The third-order valence-corrected chi connectivity index (χ3v) is 5.72. The molecule has 2 aliphatic heterocycles. The van der Waals surface area contributed by atoms with E-state index in [-0.39, 0.29) is 11.9 Å². The van der Waals surface area contributed by atoms with E-state index in [1.165, 1.54) is 32.1 Å². The molecule has 118 valence electrons. The Morgan fingerprint density at radius 1 is 1.19 bits per heavy atom. The van der Waals surface area contributed by atoms with Crippen LogP contribution in [-0.4, -0.2) is 42.0 Å². The molecule has 0 aromatic heterocycles. The Labute approximate surface area is 126 Å². The van der Waals surface area contributed by atoms with Gasteiger partial charge < -0.3 is 10.2 Å². The van der Waals surface area contributed by atoms with E-state index in [1.807, 2.05) is 0 Å². The van der Waals surface area contributed by atoms with E-state index in [0.29, 0.717) is 0 Å². The first-order valence-corrected chi connectivity index (χ1v) is 8.45. The van der Waals surface area contributed by atoms with Crippen molar-refractivity contribution < 1.29 is 9.59 Å². The molecule has 2 saturated heterocycles. The van der Waals surface area contributed by atoms with Gasteiger partial charge in [-0.05, 0) is 24.7 Å². The van der Waals surface area contributed by atoms with Crippen LogP contribution in [0.2, 0.25) is 0 Å². The van der Waals surface area contributed by atoms with Gasteiger partial charge in [0.05, 0.1) is 0 Å². The maximum atomic E-state index is 11.9. The molecule has 0 aromatic carbocycles. The van der Waals surface area contributed by atoms with Crippen LogP contribution in [0.4, 0.5) is 4.79 Å². The molecule has 0 aromatic rings. The van der Waals surface area contributed by atoms with E-state index < -0.39 is 5.54 Å². The van der Waals surface area contributed by atoms with Crippen LogP contribution in [0, 0.1) is 11.8 Å². The molecule has 1 spiro atoms. The van der Waals surface area contributed by atoms with Gasteiger partial charge in [-0.1, -0.05) is 39.0 Å². The molecule has 1 atom stereocenters. The Morgan fingerprint density at radius 2 is 1.86 bits per heavy atom. The zero-order valence-electron chi connectivity index (χ0n) is 13.0. The lowest BCUT2D eigenvalue weighted by Crippen LogP contribution is -2.55. The molecule has 2 N–H and O–H groups in total. The largest absolute Gasteiger partial charge is 0.323 e. The molecule has 1 saturated carbocycles. The summed E-state index contributed by atoms with van der Waals surface area (Å²) in [4.78, 5) is 25.7. The predicted octanol–water partition coefficient (Wildman–Crippen LogP) is 1.88. The number of rotatable bonds is 3. The van der Waals surface area contributed by atoms with Crippen LogP contribution in [-0.2, 0) is 4.79 Å². The summed E-state index contributed by atoms with van der Waals surface area (Å²) in [5.74, 6) is 1.49. The second-order valence-electron chi connectivity index (χ2n) is 7.17. The Morgan fingerprint density at radius 3 is 2.43 bits per heavy atom. The molecular weight excluding hydrogens is 266 g/mol. The molecule has 3 rings (SSSR count). The maximum absolute atomic E-state index is 11.9. The highest BCUT2D eigenvalue weighted by Gasteiger charge is 2.47. The minimum atomic E-state index is -0.623. The van der Waals surface area contributed by atoms with Crippen LogP contribution in [0.15, 0.2) is 0 Å². The summed E-state index contributed by atoms with van der Waals surface area (Å²) in [6, 6.07) is -0.330. The Balaban J connectivity index is 1.49. The fraction of sp³-hybridized carbons (Fsp3) is 0.875. The van der Waals surface area contributed by atoms with E-state index in [9.17, 15) is 9.59 Å². The van der Waals surface area contributed by atoms with Crippen molar-refractivity contribution in [2.45, 2.75) is 57.4 Å². The van der Waals surface area contributed by atoms with Crippen molar-refractivity contribution in [2.24, 2.45) is 11.8 Å². The van der Waals surface area contributed by atoms with Crippen LogP contribution >= 0.6 is 0 Å². The molecule has 3 aliphatic rings. The number of likely N-dealkylation sites (tertiary alicyclic amines) is 1. The van der Waals surface area contributed by atoms with E-state index in [2.05, 4.69) is 22.5 Å². The lowest BCUT2D eigenvalue weighted by molar-refractivity contribution is -0.125. The number of hydrogen-bond donors (Lipinski definition) is 2. The number of imide groups is 1. The van der Waals surface area contributed by atoms with Crippen LogP contribution in [0.25, 0.3) is 0 Å². The van der Waals surface area contributed by atoms with Gasteiger partial charge in [0.2, 0.25) is 0 Å². The minimum absolute atomic E-state index is 0.132. The van der Waals surface area contributed by atoms with Crippen LogP contribution < -0.4 is 10.6 Å². The number of nitrogens with one attached hydrogen (secondary N) is 2. The highest BCUT2D eigenvalue weighted by atomic mass is 16.2. The number of urea groups is 1. The molecule has 1 aliphatic carbocycles. The van der Waals surface area contributed by atoms with Crippen molar-refractivity contribution in [1.29, 1.82) is 0 Å². The summed E-state index contributed by atoms with van der Waals surface area (Å²) < 4.78 is 0. The molecule has 5 heteroatoms. The van der Waals surface area contributed by atoms with E-state index in [0.717, 1.165) is 44.3 Å². The number of nitrogens with zero attached hydrogens (tertiary/aromatic N) is 1. The van der Waals surface area contributed by atoms with Crippen molar-refractivity contribution >= 4 is 11.9 Å². The SMILES string of the molecule is CC(CN1CCC2(CC1)NC(=O)NC2=O)C1CCCCC1. The predicted molar refractivity (Wildman–Crippen MR) is 80.8 cm³/mol. The summed E-state index contributed by atoms with van der Waals surface area (Å²) >= 11 is 0. The van der Waals surface area contributed by atoms with Gasteiger partial charge in [-0.15, -0.1) is 0 Å². The Hall–Kier alpha value is -1.10. The van der Waals surface area contributed by atoms with Gasteiger partial charge in [-0.25, -0.2) is 4.79 Å². The monoisotopic (exact) mass is 293 g/mol. The third kappa shape index (κ3) is 3.07. The summed E-state index contributed by atoms with van der Waals surface area (Å²) in [5, 5.41) is 5.21. The lowest BCUT2D eigenvalue weighted by Gasteiger charge is -2.39. The molecule has 0 radical (unpaired) electrons. The number of amides is 3. The second kappa shape index (κ2) is 5.95. The van der Waals surface area contributed by atoms with Crippen molar-refractivity contribution in [3.05, 3.63) is 0 Å². The first kappa shape index (κ1) is 14.8. The number of carbonyl (C=O) groups excluding carboxylic acids is 2. The van der Waals surface area contributed by atoms with Crippen molar-refractivity contribution in [3.63, 3.8) is 0 Å². The van der Waals surface area contributed by atoms with Crippen LogP contribution in [0.3, 0.4) is 0 Å². The topological polar surface area (TPSA) is 61.4 Å². The molecule has 0 bridgehead atoms. The highest BCUT2D eigenvalue weighted by molar-refractivity contribution is 6.07. The number of hydrogen-bond acceptors (Lipinski definition) is 3. The van der Waals surface area contributed by atoms with E-state index in [1.54, 1.807) is 0 Å². The summed E-state index contributed by atoms with van der Waals surface area (Å²) in [5.41, 5.74) is -0.623. The van der Waals surface area contributed by atoms with Gasteiger partial charge in [0.1, 0.15) is 5.54 Å². The quantitative estimate of drug-likeness (QED) is 0.781. The standard InChI is InChI=1S/C16H27N3O2/c1-12(13-5-3-2-4-6-13)11-19-9-7-16(8-10-19)14(20)17-15(21)18-16/h12-13H,2-11H2,1H3,(H2,17,18,20,21). The summed E-state index contributed by atoms with van der Waals surface area (Å²) in [6.07, 6.45) is 8.44. The summed E-state index contributed by atoms with van der Waals surface area (Å²) in [7, 11) is 0. The van der Waals surface area contributed by atoms with Crippen molar-refractivity contribution in [3.8, 4) is 0 Å². The number of piperidine rings is 1. The van der Waals surface area contributed by atoms with Gasteiger partial charge >= 0.3 is 6.03 Å². The van der Waals surface area contributed by atoms with Gasteiger partial charge in [-0.2, -0.15) is 0 Å². The first-order valence-electron chi connectivity index (χ1n) is 8.45. The molecule has 5 nitrogen and oxygen atoms in total. The minimum Gasteiger partial charge on any atom is -0.323 e. The first-order chi connectivity index (χ1) is 10.1. The smallest absolute Gasteiger partial charge is 0.322 e. The molecule has 3 fully saturated rings. The lowest BCUT2D eigenvalue weighted by atomic mass is 9.80. The maximum Gasteiger partial charge on any atom is 0.322 e. The van der Waals surface area contributed by atoms with E-state index >= 15 is 0 Å². The van der Waals surface area contributed by atoms with Crippen molar-refractivity contribution in [2.75, 3.05) is 19.6 Å². The molecule has 2 heterocycles. The average Bonchev–Trinajstić information content (AvgIpc) is 2.76. The summed E-state index contributed by atoms with van der Waals surface area (Å²) in [6.45, 7) is 5.33. The third-order valence-electron chi connectivity index (χ3n) is 5.72. The molecule has 3 amide bonds. The Kier molecular flexibility index (Phi) is 4.20. The Bertz CT molecular complexity index is 410. The molecule has 1 unspecified atom stereocenters. The molecule has 21 heavy (non-hydrogen) atoms. The van der Waals surface area contributed by atoms with Crippen LogP contribution in [0.5, 0.6) is 0 Å². The fourth-order valence-corrected chi connectivity index (χ4v) is 4.26. The van der Waals surface area contributed by atoms with Crippen molar-refractivity contribution in [1.82, 2.24) is 15.5 Å². The zero-order valence-corrected chi connectivity index (χ0v) is 13.0.